The number of anilines is 1. The van der Waals surface area contributed by atoms with Crippen LogP contribution >= 0.6 is 11.6 Å². The Kier molecular flexibility index (Phi) is 8.18. The van der Waals surface area contributed by atoms with E-state index in [2.05, 4.69) is 20.6 Å². The second-order valence-electron chi connectivity index (χ2n) is 6.88. The maximum absolute atomic E-state index is 12.8. The predicted octanol–water partition coefficient (Wildman–Crippen LogP) is 3.31. The summed E-state index contributed by atoms with van der Waals surface area (Å²) < 4.78 is 43.8. The molecule has 0 aliphatic carbocycles. The molecule has 1 aromatic heterocycles. The average molecular weight is 422 g/mol. The quantitative estimate of drug-likeness (QED) is 0.402. The third-order valence-corrected chi connectivity index (χ3v) is 4.54. The zero-order chi connectivity index (χ0) is 20.7. The van der Waals surface area contributed by atoms with Crippen molar-refractivity contribution in [3.63, 3.8) is 0 Å². The number of nitrogens with one attached hydrogen (secondary N) is 2. The Bertz CT molecular complexity index is 669. The van der Waals surface area contributed by atoms with Gasteiger partial charge in [-0.25, -0.2) is 4.98 Å². The van der Waals surface area contributed by atoms with Crippen LogP contribution in [-0.4, -0.2) is 56.4 Å². The van der Waals surface area contributed by atoms with Gasteiger partial charge in [-0.15, -0.1) is 0 Å². The number of rotatable bonds is 7. The van der Waals surface area contributed by atoms with Crippen LogP contribution in [0.2, 0.25) is 5.02 Å². The van der Waals surface area contributed by atoms with Gasteiger partial charge in [-0.1, -0.05) is 11.6 Å². The van der Waals surface area contributed by atoms with Gasteiger partial charge in [0.25, 0.3) is 0 Å². The van der Waals surface area contributed by atoms with Crippen molar-refractivity contribution in [3.8, 4) is 0 Å². The molecule has 1 saturated heterocycles. The minimum absolute atomic E-state index is 0.00290. The van der Waals surface area contributed by atoms with Crippen LogP contribution in [0.3, 0.4) is 0 Å². The van der Waals surface area contributed by atoms with Gasteiger partial charge in [0.05, 0.1) is 16.7 Å². The Morgan fingerprint density at radius 3 is 2.82 bits per heavy atom. The second kappa shape index (κ2) is 10.2. The van der Waals surface area contributed by atoms with Gasteiger partial charge in [0, 0.05) is 45.5 Å². The SMILES string of the molecule is CN=C(NCCCOC(C)C)NC1CCN(c2ncc(C(F)(F)F)cc2Cl)C1. The first-order chi connectivity index (χ1) is 13.2. The number of nitrogens with zero attached hydrogens (tertiary/aromatic N) is 3. The van der Waals surface area contributed by atoms with Crippen LogP contribution in [0.5, 0.6) is 0 Å². The van der Waals surface area contributed by atoms with Crippen molar-refractivity contribution in [1.29, 1.82) is 0 Å². The number of hydrogen-bond acceptors (Lipinski definition) is 4. The summed E-state index contributed by atoms with van der Waals surface area (Å²) >= 11 is 6.04. The highest BCUT2D eigenvalue weighted by molar-refractivity contribution is 6.33. The summed E-state index contributed by atoms with van der Waals surface area (Å²) in [7, 11) is 1.70. The minimum atomic E-state index is -4.46. The van der Waals surface area contributed by atoms with Gasteiger partial charge in [0.1, 0.15) is 5.82 Å². The highest BCUT2D eigenvalue weighted by Crippen LogP contribution is 2.34. The van der Waals surface area contributed by atoms with Crippen LogP contribution < -0.4 is 15.5 Å². The van der Waals surface area contributed by atoms with Crippen molar-refractivity contribution < 1.29 is 17.9 Å². The second-order valence-corrected chi connectivity index (χ2v) is 7.28. The fourth-order valence-corrected chi connectivity index (χ4v) is 3.16. The molecule has 1 aliphatic heterocycles. The monoisotopic (exact) mass is 421 g/mol. The van der Waals surface area contributed by atoms with Crippen molar-refractivity contribution >= 4 is 23.4 Å². The van der Waals surface area contributed by atoms with Crippen LogP contribution in [0.4, 0.5) is 19.0 Å². The number of aromatic nitrogens is 1. The van der Waals surface area contributed by atoms with E-state index >= 15 is 0 Å². The van der Waals surface area contributed by atoms with Crippen LogP contribution in [0.1, 0.15) is 32.3 Å². The molecule has 0 amide bonds. The number of aliphatic imine (C=N–C) groups is 1. The lowest BCUT2D eigenvalue weighted by molar-refractivity contribution is -0.137. The smallest absolute Gasteiger partial charge is 0.379 e. The number of guanidine groups is 1. The largest absolute Gasteiger partial charge is 0.417 e. The van der Waals surface area contributed by atoms with Crippen molar-refractivity contribution in [2.24, 2.45) is 4.99 Å². The van der Waals surface area contributed by atoms with Gasteiger partial charge in [-0.3, -0.25) is 4.99 Å². The molecule has 0 aromatic carbocycles. The lowest BCUT2D eigenvalue weighted by Crippen LogP contribution is -2.45. The molecule has 1 aromatic rings. The molecular weight excluding hydrogens is 395 g/mol. The summed E-state index contributed by atoms with van der Waals surface area (Å²) in [4.78, 5) is 10.0. The number of hydrogen-bond donors (Lipinski definition) is 2. The highest BCUT2D eigenvalue weighted by Gasteiger charge is 2.33. The fourth-order valence-electron chi connectivity index (χ4n) is 2.87. The number of alkyl halides is 3. The van der Waals surface area contributed by atoms with E-state index in [0.717, 1.165) is 31.6 Å². The van der Waals surface area contributed by atoms with E-state index in [1.807, 2.05) is 18.7 Å². The maximum Gasteiger partial charge on any atom is 0.417 e. The topological polar surface area (TPSA) is 61.8 Å². The van der Waals surface area contributed by atoms with E-state index in [4.69, 9.17) is 16.3 Å². The molecule has 0 bridgehead atoms. The Hall–Kier alpha value is -1.74. The molecular formula is C18H27ClF3N5O. The maximum atomic E-state index is 12.8. The predicted molar refractivity (Wildman–Crippen MR) is 105 cm³/mol. The first kappa shape index (κ1) is 22.5. The normalized spacial score (nSPS) is 18.1. The van der Waals surface area contributed by atoms with Crippen molar-refractivity contribution in [1.82, 2.24) is 15.6 Å². The lowest BCUT2D eigenvalue weighted by Gasteiger charge is -2.21. The number of pyridine rings is 1. The molecule has 1 atom stereocenters. The number of halogens is 4. The van der Waals surface area contributed by atoms with Gasteiger partial charge in [-0.2, -0.15) is 13.2 Å². The van der Waals surface area contributed by atoms with Crippen LogP contribution in [0.25, 0.3) is 0 Å². The number of ether oxygens (including phenoxy) is 1. The van der Waals surface area contributed by atoms with Crippen molar-refractivity contribution in [3.05, 3.63) is 22.8 Å². The van der Waals surface area contributed by atoms with Gasteiger partial charge >= 0.3 is 6.18 Å². The van der Waals surface area contributed by atoms with Crippen molar-refractivity contribution in [2.75, 3.05) is 38.2 Å². The van der Waals surface area contributed by atoms with Gasteiger partial charge < -0.3 is 20.3 Å². The van der Waals surface area contributed by atoms with Gasteiger partial charge in [-0.05, 0) is 32.8 Å². The first-order valence-electron chi connectivity index (χ1n) is 9.27. The molecule has 0 spiro atoms. The summed E-state index contributed by atoms with van der Waals surface area (Å²) in [6.07, 6.45) is -1.76. The lowest BCUT2D eigenvalue weighted by atomic mass is 10.2. The summed E-state index contributed by atoms with van der Waals surface area (Å²) in [6.45, 7) is 6.63. The molecule has 28 heavy (non-hydrogen) atoms. The molecule has 1 unspecified atom stereocenters. The summed E-state index contributed by atoms with van der Waals surface area (Å²) in [5.41, 5.74) is -0.846. The fraction of sp³-hybridized carbons (Fsp3) is 0.667. The average Bonchev–Trinajstić information content (AvgIpc) is 3.07. The van der Waals surface area contributed by atoms with E-state index < -0.39 is 11.7 Å². The standard InChI is InChI=1S/C18H27ClF3N5O/c1-12(2)28-8-4-6-24-17(23-3)26-14-5-7-27(11-14)16-15(19)9-13(10-25-16)18(20,21)22/h9-10,12,14H,4-8,11H2,1-3H3,(H2,23,24,26). The zero-order valence-corrected chi connectivity index (χ0v) is 17.1. The zero-order valence-electron chi connectivity index (χ0n) is 16.3. The van der Waals surface area contributed by atoms with E-state index in [0.29, 0.717) is 31.5 Å². The van der Waals surface area contributed by atoms with E-state index in [1.165, 1.54) is 0 Å². The molecule has 2 N–H and O–H groups in total. The highest BCUT2D eigenvalue weighted by atomic mass is 35.5. The molecule has 0 saturated carbocycles. The van der Waals surface area contributed by atoms with E-state index in [9.17, 15) is 13.2 Å². The van der Waals surface area contributed by atoms with Crippen LogP contribution in [0, 0.1) is 0 Å². The molecule has 1 aliphatic rings. The molecule has 0 radical (unpaired) electrons. The molecule has 1 fully saturated rings. The Morgan fingerprint density at radius 1 is 1.46 bits per heavy atom. The van der Waals surface area contributed by atoms with Crippen LogP contribution in [0.15, 0.2) is 17.3 Å². The Morgan fingerprint density at radius 2 is 2.21 bits per heavy atom. The summed E-state index contributed by atoms with van der Waals surface area (Å²) in [6, 6.07) is 1.02. The van der Waals surface area contributed by atoms with Crippen LogP contribution in [-0.2, 0) is 10.9 Å². The molecule has 2 heterocycles. The molecule has 158 valence electrons. The third-order valence-electron chi connectivity index (χ3n) is 4.27. The van der Waals surface area contributed by atoms with E-state index in [1.54, 1.807) is 7.05 Å². The van der Waals surface area contributed by atoms with E-state index in [-0.39, 0.29) is 17.2 Å². The minimum Gasteiger partial charge on any atom is -0.379 e. The Labute approximate surface area is 168 Å². The van der Waals surface area contributed by atoms with Gasteiger partial charge in [0.2, 0.25) is 0 Å². The summed E-state index contributed by atoms with van der Waals surface area (Å²) in [5.74, 6) is 1.05. The molecule has 2 rings (SSSR count). The molecule has 6 nitrogen and oxygen atoms in total. The Balaban J connectivity index is 1.84. The summed E-state index contributed by atoms with van der Waals surface area (Å²) in [5, 5.41) is 6.56. The van der Waals surface area contributed by atoms with Crippen molar-refractivity contribution in [2.45, 2.75) is 45.0 Å². The van der Waals surface area contributed by atoms with Gasteiger partial charge in [0.15, 0.2) is 5.96 Å². The third kappa shape index (κ3) is 6.70. The molecule has 10 heteroatoms. The first-order valence-corrected chi connectivity index (χ1v) is 9.65.